The summed E-state index contributed by atoms with van der Waals surface area (Å²) < 4.78 is 9.97. The van der Waals surface area contributed by atoms with Gasteiger partial charge in [0.2, 0.25) is 0 Å². The third-order valence-corrected chi connectivity index (χ3v) is 5.93. The Labute approximate surface area is 169 Å². The van der Waals surface area contributed by atoms with Gasteiger partial charge in [-0.15, -0.1) is 0 Å². The highest BCUT2D eigenvalue weighted by molar-refractivity contribution is 6.05. The van der Waals surface area contributed by atoms with Crippen LogP contribution >= 0.6 is 0 Å². The fraction of sp³-hybridized carbons (Fsp3) is 0.609. The molecular formula is C23H36O5. The summed E-state index contributed by atoms with van der Waals surface area (Å²) >= 11 is 0. The van der Waals surface area contributed by atoms with Crippen molar-refractivity contribution in [3.05, 3.63) is 35.4 Å². The average Bonchev–Trinajstić information content (AvgIpc) is 2.92. The number of benzene rings is 1. The van der Waals surface area contributed by atoms with Crippen molar-refractivity contribution in [1.82, 2.24) is 0 Å². The van der Waals surface area contributed by atoms with Crippen LogP contribution in [0.25, 0.3) is 0 Å². The van der Waals surface area contributed by atoms with E-state index in [1.165, 1.54) is 14.2 Å². The lowest BCUT2D eigenvalue weighted by Gasteiger charge is -2.36. The molecule has 1 aliphatic rings. The second-order valence-corrected chi connectivity index (χ2v) is 7.86. The number of hydrogen-bond donors (Lipinski definition) is 0. The van der Waals surface area contributed by atoms with E-state index in [9.17, 15) is 14.4 Å². The molecule has 2 rings (SSSR count). The standard InChI is InChI=1S/C21H28O5.2CH4/c1-7-21(4,19(24)26-6)12-15-13-10-8-9-11-14(13)17(22)16(15)20(2,3)18(23)25-5;;/h8-11,15-16H,7,12H2,1-6H3;2*1H4. The van der Waals surface area contributed by atoms with Gasteiger partial charge in [0, 0.05) is 11.5 Å². The number of ketones is 1. The summed E-state index contributed by atoms with van der Waals surface area (Å²) in [5.41, 5.74) is -0.215. The van der Waals surface area contributed by atoms with Crippen LogP contribution in [0.2, 0.25) is 0 Å². The molecule has 0 radical (unpaired) electrons. The van der Waals surface area contributed by atoms with Crippen LogP contribution in [0.1, 0.15) is 77.2 Å². The molecule has 1 aromatic rings. The van der Waals surface area contributed by atoms with E-state index in [0.29, 0.717) is 18.4 Å². The topological polar surface area (TPSA) is 69.7 Å². The molecule has 0 saturated carbocycles. The fourth-order valence-electron chi connectivity index (χ4n) is 4.13. The van der Waals surface area contributed by atoms with Crippen LogP contribution in [0.15, 0.2) is 24.3 Å². The van der Waals surface area contributed by atoms with Crippen LogP contribution in [-0.4, -0.2) is 31.9 Å². The van der Waals surface area contributed by atoms with Gasteiger partial charge in [-0.05, 0) is 45.1 Å². The van der Waals surface area contributed by atoms with Gasteiger partial charge in [0.1, 0.15) is 0 Å². The minimum atomic E-state index is -1.000. The highest BCUT2D eigenvalue weighted by Gasteiger charge is 2.53. The van der Waals surface area contributed by atoms with E-state index in [1.807, 2.05) is 32.0 Å². The molecule has 1 aliphatic carbocycles. The summed E-state index contributed by atoms with van der Waals surface area (Å²) in [5, 5.41) is 0. The zero-order chi connectivity index (χ0) is 19.7. The molecular weight excluding hydrogens is 356 g/mol. The fourth-order valence-corrected chi connectivity index (χ4v) is 4.13. The summed E-state index contributed by atoms with van der Waals surface area (Å²) in [6.45, 7) is 7.26. The van der Waals surface area contributed by atoms with Crippen LogP contribution in [0.5, 0.6) is 0 Å². The van der Waals surface area contributed by atoms with Crippen molar-refractivity contribution in [2.24, 2.45) is 16.7 Å². The summed E-state index contributed by atoms with van der Waals surface area (Å²) in [6, 6.07) is 7.41. The van der Waals surface area contributed by atoms with Crippen LogP contribution in [0.3, 0.4) is 0 Å². The minimum Gasteiger partial charge on any atom is -0.469 e. The predicted molar refractivity (Wildman–Crippen MR) is 111 cm³/mol. The first-order valence-electron chi connectivity index (χ1n) is 8.94. The third-order valence-electron chi connectivity index (χ3n) is 5.93. The Balaban J connectivity index is 0.00000364. The molecule has 3 atom stereocenters. The van der Waals surface area contributed by atoms with Crippen molar-refractivity contribution in [2.75, 3.05) is 14.2 Å². The normalized spacial score (nSPS) is 20.1. The molecule has 1 aromatic carbocycles. The van der Waals surface area contributed by atoms with Crippen molar-refractivity contribution >= 4 is 17.7 Å². The lowest BCUT2D eigenvalue weighted by Crippen LogP contribution is -2.41. The van der Waals surface area contributed by atoms with Crippen LogP contribution in [-0.2, 0) is 19.1 Å². The number of hydrogen-bond acceptors (Lipinski definition) is 5. The number of carbonyl (C=O) groups is 3. The molecule has 3 unspecified atom stereocenters. The first-order valence-corrected chi connectivity index (χ1v) is 8.94. The molecule has 0 spiro atoms. The van der Waals surface area contributed by atoms with E-state index in [1.54, 1.807) is 19.9 Å². The molecule has 0 N–H and O–H groups in total. The van der Waals surface area contributed by atoms with E-state index < -0.39 is 22.7 Å². The van der Waals surface area contributed by atoms with Gasteiger partial charge >= 0.3 is 11.9 Å². The Morgan fingerprint density at radius 1 is 1.00 bits per heavy atom. The van der Waals surface area contributed by atoms with E-state index in [0.717, 1.165) is 5.56 Å². The summed E-state index contributed by atoms with van der Waals surface area (Å²) in [5.74, 6) is -1.62. The number of esters is 2. The summed E-state index contributed by atoms with van der Waals surface area (Å²) in [6.07, 6.45) is 1.02. The molecule has 5 nitrogen and oxygen atoms in total. The number of carbonyl (C=O) groups excluding carboxylic acids is 3. The summed E-state index contributed by atoms with van der Waals surface area (Å²) in [7, 11) is 2.70. The van der Waals surface area contributed by atoms with Gasteiger partial charge in [-0.1, -0.05) is 46.0 Å². The maximum Gasteiger partial charge on any atom is 0.311 e. The smallest absolute Gasteiger partial charge is 0.311 e. The molecule has 0 amide bonds. The lowest BCUT2D eigenvalue weighted by molar-refractivity contribution is -0.154. The van der Waals surface area contributed by atoms with Crippen LogP contribution in [0.4, 0.5) is 0 Å². The second-order valence-electron chi connectivity index (χ2n) is 7.86. The maximum atomic E-state index is 13.2. The van der Waals surface area contributed by atoms with Gasteiger partial charge in [0.05, 0.1) is 25.0 Å². The maximum absolute atomic E-state index is 13.2. The second kappa shape index (κ2) is 9.35. The van der Waals surface area contributed by atoms with Gasteiger partial charge in [-0.25, -0.2) is 0 Å². The number of rotatable bonds is 6. The number of Topliss-reactive ketones (excluding diaryl/α,β-unsaturated/α-hetero) is 1. The zero-order valence-corrected chi connectivity index (χ0v) is 16.4. The Morgan fingerprint density at radius 2 is 1.54 bits per heavy atom. The predicted octanol–water partition coefficient (Wildman–Crippen LogP) is 5.03. The Morgan fingerprint density at radius 3 is 2.04 bits per heavy atom. The van der Waals surface area contributed by atoms with Crippen molar-refractivity contribution < 1.29 is 23.9 Å². The third kappa shape index (κ3) is 4.13. The molecule has 0 fully saturated rings. The molecule has 0 bridgehead atoms. The molecule has 0 saturated heterocycles. The number of methoxy groups -OCH3 is 2. The van der Waals surface area contributed by atoms with Gasteiger partial charge in [0.15, 0.2) is 5.78 Å². The van der Waals surface area contributed by atoms with Crippen LogP contribution < -0.4 is 0 Å². The van der Waals surface area contributed by atoms with Gasteiger partial charge in [-0.3, -0.25) is 14.4 Å². The first-order chi connectivity index (χ1) is 12.1. The quantitative estimate of drug-likeness (QED) is 0.635. The Hall–Kier alpha value is -2.17. The molecule has 5 heteroatoms. The molecule has 0 aromatic heterocycles. The van der Waals surface area contributed by atoms with E-state index in [4.69, 9.17) is 9.47 Å². The van der Waals surface area contributed by atoms with E-state index in [2.05, 4.69) is 0 Å². The number of fused-ring (bicyclic) bond motifs is 1. The van der Waals surface area contributed by atoms with Gasteiger partial charge in [-0.2, -0.15) is 0 Å². The highest BCUT2D eigenvalue weighted by Crippen LogP contribution is 2.52. The molecule has 28 heavy (non-hydrogen) atoms. The van der Waals surface area contributed by atoms with Crippen molar-refractivity contribution in [2.45, 2.75) is 61.3 Å². The van der Waals surface area contributed by atoms with Crippen molar-refractivity contribution in [1.29, 1.82) is 0 Å². The van der Waals surface area contributed by atoms with Gasteiger partial charge in [0.25, 0.3) is 0 Å². The van der Waals surface area contributed by atoms with Crippen molar-refractivity contribution in [3.63, 3.8) is 0 Å². The van der Waals surface area contributed by atoms with Gasteiger partial charge < -0.3 is 9.47 Å². The zero-order valence-electron chi connectivity index (χ0n) is 16.4. The van der Waals surface area contributed by atoms with Crippen molar-refractivity contribution in [3.8, 4) is 0 Å². The SMILES string of the molecule is C.C.CCC(C)(CC1c2ccccc2C(=O)C1C(C)(C)C(=O)OC)C(=O)OC. The number of ether oxygens (including phenoxy) is 2. The van der Waals surface area contributed by atoms with Crippen LogP contribution in [0, 0.1) is 16.7 Å². The van der Waals surface area contributed by atoms with E-state index in [-0.39, 0.29) is 32.5 Å². The Bertz CT molecular complexity index is 721. The molecule has 158 valence electrons. The minimum absolute atomic E-state index is 0. The highest BCUT2D eigenvalue weighted by atomic mass is 16.5. The summed E-state index contributed by atoms with van der Waals surface area (Å²) in [4.78, 5) is 38.0. The first kappa shape index (κ1) is 25.8. The largest absolute Gasteiger partial charge is 0.469 e. The molecule has 0 heterocycles. The molecule has 0 aliphatic heterocycles. The Kier molecular flexibility index (Phi) is 8.63. The van der Waals surface area contributed by atoms with E-state index >= 15 is 0 Å². The monoisotopic (exact) mass is 392 g/mol. The lowest BCUT2D eigenvalue weighted by atomic mass is 9.66. The average molecular weight is 393 g/mol.